The van der Waals surface area contributed by atoms with Gasteiger partial charge in [-0.2, -0.15) is 0 Å². The Morgan fingerprint density at radius 1 is 1.12 bits per heavy atom. The monoisotopic (exact) mass is 457 g/mol. The van der Waals surface area contributed by atoms with Crippen LogP contribution in [0.15, 0.2) is 35.3 Å². The van der Waals surface area contributed by atoms with Crippen LogP contribution in [0.4, 0.5) is 0 Å². The Kier molecular flexibility index (Phi) is 12.4. The highest BCUT2D eigenvalue weighted by atomic mass is 16.2. The molecule has 0 saturated carbocycles. The summed E-state index contributed by atoms with van der Waals surface area (Å²) in [5.41, 5.74) is 6.09. The number of carbonyl (C=O) groups excluding carboxylic acids is 2. The molecule has 0 aromatic heterocycles. The van der Waals surface area contributed by atoms with Crippen molar-refractivity contribution in [1.29, 1.82) is 0 Å². The van der Waals surface area contributed by atoms with Gasteiger partial charge in [-0.1, -0.05) is 65.7 Å². The second-order valence-electron chi connectivity index (χ2n) is 10.2. The highest BCUT2D eigenvalue weighted by Gasteiger charge is 2.30. The first-order valence-electron chi connectivity index (χ1n) is 12.7. The molecule has 2 unspecified atom stereocenters. The summed E-state index contributed by atoms with van der Waals surface area (Å²) in [7, 11) is 0. The van der Waals surface area contributed by atoms with E-state index >= 15 is 0 Å². The molecule has 186 valence electrons. The number of benzene rings is 1. The lowest BCUT2D eigenvalue weighted by molar-refractivity contribution is -0.121. The topological polar surface area (TPSA) is 75.8 Å². The second kappa shape index (κ2) is 14.2. The quantitative estimate of drug-likeness (QED) is 0.358. The molecule has 2 N–H and O–H groups in total. The van der Waals surface area contributed by atoms with Gasteiger partial charge in [-0.05, 0) is 63.5 Å². The molecule has 1 aliphatic heterocycles. The summed E-state index contributed by atoms with van der Waals surface area (Å²) in [6, 6.07) is 9.61. The first kappa shape index (κ1) is 28.9. The zero-order chi connectivity index (χ0) is 25.0. The van der Waals surface area contributed by atoms with Crippen molar-refractivity contribution in [2.75, 3.05) is 13.1 Å². The molecule has 5 heteroatoms. The molecule has 2 rings (SSSR count). The molecule has 1 aromatic rings. The van der Waals surface area contributed by atoms with Gasteiger partial charge in [-0.3, -0.25) is 14.6 Å². The summed E-state index contributed by atoms with van der Waals surface area (Å²) in [4.78, 5) is 30.3. The van der Waals surface area contributed by atoms with Crippen molar-refractivity contribution in [1.82, 2.24) is 4.90 Å². The van der Waals surface area contributed by atoms with E-state index in [0.717, 1.165) is 37.4 Å². The molecule has 0 bridgehead atoms. The number of amides is 1. The van der Waals surface area contributed by atoms with E-state index < -0.39 is 5.54 Å². The SMILES string of the molecule is CCC(C)C(N)=NC(C)(CC(C)C)C(C)=O.CCCC1CCN(C(=O)c2ccccc2)CC1. The van der Waals surface area contributed by atoms with E-state index in [1.807, 2.05) is 49.1 Å². The lowest BCUT2D eigenvalue weighted by Crippen LogP contribution is -2.38. The molecule has 1 fully saturated rings. The van der Waals surface area contributed by atoms with Gasteiger partial charge < -0.3 is 10.6 Å². The number of likely N-dealkylation sites (tertiary alicyclic amines) is 1. The fraction of sp³-hybridized carbons (Fsp3) is 0.679. The molecule has 1 amide bonds. The molecule has 1 aromatic carbocycles. The summed E-state index contributed by atoms with van der Waals surface area (Å²) < 4.78 is 0. The number of nitrogens with zero attached hydrogens (tertiary/aromatic N) is 2. The Hall–Kier alpha value is -2.17. The minimum absolute atomic E-state index is 0.0902. The fourth-order valence-corrected chi connectivity index (χ4v) is 4.26. The van der Waals surface area contributed by atoms with Crippen molar-refractivity contribution in [2.24, 2.45) is 28.5 Å². The number of rotatable bonds is 9. The number of carbonyl (C=O) groups is 2. The maximum atomic E-state index is 12.2. The Morgan fingerprint density at radius 2 is 1.70 bits per heavy atom. The number of piperidine rings is 1. The molecular weight excluding hydrogens is 410 g/mol. The van der Waals surface area contributed by atoms with E-state index in [1.165, 1.54) is 25.7 Å². The molecule has 0 spiro atoms. The normalized spacial score (nSPS) is 17.7. The summed E-state index contributed by atoms with van der Waals surface area (Å²) >= 11 is 0. The van der Waals surface area contributed by atoms with E-state index in [1.54, 1.807) is 6.92 Å². The maximum absolute atomic E-state index is 12.2. The van der Waals surface area contributed by atoms with Gasteiger partial charge in [0.1, 0.15) is 5.54 Å². The highest BCUT2D eigenvalue weighted by Crippen LogP contribution is 2.24. The van der Waals surface area contributed by atoms with Crippen LogP contribution in [0.1, 0.15) is 97.3 Å². The number of nitrogens with two attached hydrogens (primary N) is 1. The number of hydrogen-bond acceptors (Lipinski definition) is 3. The predicted molar refractivity (Wildman–Crippen MR) is 140 cm³/mol. The van der Waals surface area contributed by atoms with Crippen LogP contribution in [0.2, 0.25) is 0 Å². The van der Waals surface area contributed by atoms with Gasteiger partial charge in [0.25, 0.3) is 5.91 Å². The van der Waals surface area contributed by atoms with Gasteiger partial charge in [-0.25, -0.2) is 0 Å². The first-order chi connectivity index (χ1) is 15.5. The Morgan fingerprint density at radius 3 is 2.15 bits per heavy atom. The summed E-state index contributed by atoms with van der Waals surface area (Å²) in [6.45, 7) is 15.9. The molecule has 1 heterocycles. The van der Waals surface area contributed by atoms with E-state index in [9.17, 15) is 9.59 Å². The average Bonchev–Trinajstić information content (AvgIpc) is 2.79. The zero-order valence-corrected chi connectivity index (χ0v) is 22.1. The van der Waals surface area contributed by atoms with Crippen LogP contribution >= 0.6 is 0 Å². The summed E-state index contributed by atoms with van der Waals surface area (Å²) in [5, 5.41) is 0. The lowest BCUT2D eigenvalue weighted by Gasteiger charge is -2.32. The fourth-order valence-electron chi connectivity index (χ4n) is 4.26. The number of Topliss-reactive ketones (excluding diaryl/α,β-unsaturated/α-hetero) is 1. The Balaban J connectivity index is 0.000000331. The summed E-state index contributed by atoms with van der Waals surface area (Å²) in [5.74, 6) is 2.39. The second-order valence-corrected chi connectivity index (χ2v) is 10.2. The van der Waals surface area contributed by atoms with Crippen LogP contribution in [0.25, 0.3) is 0 Å². The minimum Gasteiger partial charge on any atom is -0.387 e. The van der Waals surface area contributed by atoms with Gasteiger partial charge in [0.2, 0.25) is 0 Å². The number of ketones is 1. The molecular formula is C28H47N3O2. The number of amidine groups is 1. The van der Waals surface area contributed by atoms with Crippen molar-refractivity contribution in [3.05, 3.63) is 35.9 Å². The third-order valence-corrected chi connectivity index (χ3v) is 6.68. The molecule has 0 radical (unpaired) electrons. The van der Waals surface area contributed by atoms with Crippen molar-refractivity contribution >= 4 is 17.5 Å². The van der Waals surface area contributed by atoms with Gasteiger partial charge >= 0.3 is 0 Å². The van der Waals surface area contributed by atoms with Crippen molar-refractivity contribution in [3.63, 3.8) is 0 Å². The third-order valence-electron chi connectivity index (χ3n) is 6.68. The maximum Gasteiger partial charge on any atom is 0.253 e. The molecule has 1 saturated heterocycles. The average molecular weight is 458 g/mol. The van der Waals surface area contributed by atoms with Crippen LogP contribution in [-0.2, 0) is 4.79 Å². The largest absolute Gasteiger partial charge is 0.387 e. The lowest BCUT2D eigenvalue weighted by atomic mass is 9.87. The van der Waals surface area contributed by atoms with Crippen molar-refractivity contribution in [2.45, 2.75) is 92.5 Å². The zero-order valence-electron chi connectivity index (χ0n) is 22.1. The minimum atomic E-state index is -0.651. The van der Waals surface area contributed by atoms with Gasteiger partial charge in [0.15, 0.2) is 5.78 Å². The molecule has 0 aliphatic carbocycles. The van der Waals surface area contributed by atoms with Crippen LogP contribution in [0, 0.1) is 17.8 Å². The van der Waals surface area contributed by atoms with Crippen molar-refractivity contribution < 1.29 is 9.59 Å². The van der Waals surface area contributed by atoms with E-state index in [-0.39, 0.29) is 17.6 Å². The Bertz CT molecular complexity index is 752. The predicted octanol–water partition coefficient (Wildman–Crippen LogP) is 6.12. The first-order valence-corrected chi connectivity index (χ1v) is 12.7. The smallest absolute Gasteiger partial charge is 0.253 e. The van der Waals surface area contributed by atoms with Gasteiger partial charge in [0, 0.05) is 24.6 Å². The van der Waals surface area contributed by atoms with Crippen LogP contribution in [0.3, 0.4) is 0 Å². The van der Waals surface area contributed by atoms with Crippen LogP contribution < -0.4 is 5.73 Å². The van der Waals surface area contributed by atoms with E-state index in [0.29, 0.717) is 11.8 Å². The molecule has 33 heavy (non-hydrogen) atoms. The van der Waals surface area contributed by atoms with Crippen molar-refractivity contribution in [3.8, 4) is 0 Å². The van der Waals surface area contributed by atoms with E-state index in [4.69, 9.17) is 5.73 Å². The standard InChI is InChI=1S/C15H21NO.C13H26N2O/c1-2-6-13-9-11-16(12-10-13)15(17)14-7-4-3-5-8-14;1-7-10(4)12(14)15-13(6,11(5)16)8-9(2)3/h3-5,7-8,13H,2,6,9-12H2,1H3;9-10H,7-8H2,1-6H3,(H2,14,15). The van der Waals surface area contributed by atoms with Gasteiger partial charge in [0.05, 0.1) is 5.84 Å². The van der Waals surface area contributed by atoms with Gasteiger partial charge in [-0.15, -0.1) is 0 Å². The molecule has 1 aliphatic rings. The van der Waals surface area contributed by atoms with E-state index in [2.05, 4.69) is 32.7 Å². The number of hydrogen-bond donors (Lipinski definition) is 1. The Labute approximate surface area is 202 Å². The highest BCUT2D eigenvalue weighted by molar-refractivity contribution is 5.94. The third kappa shape index (κ3) is 9.69. The van der Waals surface area contributed by atoms with Crippen LogP contribution in [0.5, 0.6) is 0 Å². The molecule has 5 nitrogen and oxygen atoms in total. The molecule has 2 atom stereocenters. The number of aliphatic imine (C=N–C) groups is 1. The summed E-state index contributed by atoms with van der Waals surface area (Å²) in [6.07, 6.45) is 6.62. The van der Waals surface area contributed by atoms with Crippen LogP contribution in [-0.4, -0.2) is 41.1 Å².